The minimum atomic E-state index is -1.22. The van der Waals surface area contributed by atoms with Crippen LogP contribution in [0.4, 0.5) is 4.79 Å². The summed E-state index contributed by atoms with van der Waals surface area (Å²) in [7, 11) is 0. The van der Waals surface area contributed by atoms with Gasteiger partial charge in [0.1, 0.15) is 17.9 Å². The number of nitrogens with zero attached hydrogens (tertiary/aromatic N) is 3. The maximum Gasteiger partial charge on any atom is 0.405 e. The van der Waals surface area contributed by atoms with Crippen molar-refractivity contribution in [1.29, 1.82) is 0 Å². The van der Waals surface area contributed by atoms with Crippen molar-refractivity contribution in [2.45, 2.75) is 83.0 Å². The minimum Gasteiger partial charge on any atom is -0.465 e. The van der Waals surface area contributed by atoms with Gasteiger partial charge in [-0.05, 0) is 55.6 Å². The predicted octanol–water partition coefficient (Wildman–Crippen LogP) is 4.56. The molecule has 1 spiro atoms. The number of amides is 4. The summed E-state index contributed by atoms with van der Waals surface area (Å²) in [6.45, 7) is 6.66. The number of hydrogen-bond donors (Lipinski definition) is 4. The second kappa shape index (κ2) is 15.1. The molecule has 3 atom stereocenters. The lowest BCUT2D eigenvalue weighted by atomic mass is 9.87. The molecule has 4 amide bonds. The van der Waals surface area contributed by atoms with E-state index in [1.807, 2.05) is 56.4 Å². The van der Waals surface area contributed by atoms with Crippen molar-refractivity contribution in [3.8, 4) is 22.4 Å². The molecule has 13 heteroatoms. The number of H-pyrrole nitrogens is 1. The number of imidazole rings is 1. The van der Waals surface area contributed by atoms with Gasteiger partial charge in [0.2, 0.25) is 17.7 Å². The third kappa shape index (κ3) is 7.53. The van der Waals surface area contributed by atoms with Gasteiger partial charge in [-0.25, -0.2) is 9.78 Å². The van der Waals surface area contributed by atoms with Gasteiger partial charge in [0.15, 0.2) is 5.78 Å². The summed E-state index contributed by atoms with van der Waals surface area (Å²) in [5, 5.41) is 14.4. The van der Waals surface area contributed by atoms with E-state index in [9.17, 15) is 29.1 Å². The average Bonchev–Trinajstić information content (AvgIpc) is 3.89. The van der Waals surface area contributed by atoms with Gasteiger partial charge in [0.25, 0.3) is 0 Å². The summed E-state index contributed by atoms with van der Waals surface area (Å²) in [6, 6.07) is 13.4. The Morgan fingerprint density at radius 1 is 0.961 bits per heavy atom. The number of likely N-dealkylation sites (tertiary alicyclic amines) is 2. The monoisotopic (exact) mass is 698 g/mol. The highest BCUT2D eigenvalue weighted by atomic mass is 16.5. The first-order valence-electron chi connectivity index (χ1n) is 17.7. The van der Waals surface area contributed by atoms with E-state index >= 15 is 0 Å². The first-order chi connectivity index (χ1) is 24.5. The summed E-state index contributed by atoms with van der Waals surface area (Å²) in [5.41, 5.74) is 3.63. The highest BCUT2D eigenvalue weighted by Gasteiger charge is 2.50. The van der Waals surface area contributed by atoms with Crippen LogP contribution in [0.15, 0.2) is 54.7 Å². The Balaban J connectivity index is 1.05. The van der Waals surface area contributed by atoms with Crippen LogP contribution in [0.25, 0.3) is 22.4 Å². The Hall–Kier alpha value is -5.04. The molecule has 6 rings (SSSR count). The zero-order valence-electron chi connectivity index (χ0n) is 29.3. The second-order valence-corrected chi connectivity index (χ2v) is 14.1. The Morgan fingerprint density at radius 3 is 2.24 bits per heavy atom. The van der Waals surface area contributed by atoms with Crippen molar-refractivity contribution in [3.63, 3.8) is 0 Å². The van der Waals surface area contributed by atoms with Gasteiger partial charge in [-0.2, -0.15) is 0 Å². The van der Waals surface area contributed by atoms with E-state index in [1.54, 1.807) is 21.9 Å². The molecule has 0 bridgehead atoms. The van der Waals surface area contributed by atoms with Crippen LogP contribution in [-0.4, -0.2) is 98.4 Å². The summed E-state index contributed by atoms with van der Waals surface area (Å²) < 4.78 is 5.50. The molecule has 3 aromatic rings. The van der Waals surface area contributed by atoms with Gasteiger partial charge in [-0.1, -0.05) is 62.4 Å². The van der Waals surface area contributed by atoms with Gasteiger partial charge in [0, 0.05) is 49.5 Å². The first kappa shape index (κ1) is 35.8. The summed E-state index contributed by atoms with van der Waals surface area (Å²) >= 11 is 0. The van der Waals surface area contributed by atoms with E-state index in [1.165, 1.54) is 6.92 Å². The quantitative estimate of drug-likeness (QED) is 0.223. The number of benzene rings is 2. The maximum absolute atomic E-state index is 13.3. The number of hydrogen-bond acceptors (Lipinski definition) is 7. The third-order valence-electron chi connectivity index (χ3n) is 10.6. The number of rotatable bonds is 10. The fourth-order valence-electron chi connectivity index (χ4n) is 7.89. The average molecular weight is 699 g/mol. The molecule has 51 heavy (non-hydrogen) atoms. The van der Waals surface area contributed by atoms with Crippen LogP contribution in [0.1, 0.15) is 81.5 Å². The molecular weight excluding hydrogens is 652 g/mol. The van der Waals surface area contributed by atoms with Crippen molar-refractivity contribution < 1.29 is 33.8 Å². The van der Waals surface area contributed by atoms with E-state index in [-0.39, 0.29) is 47.5 Å². The molecule has 3 fully saturated rings. The van der Waals surface area contributed by atoms with E-state index in [2.05, 4.69) is 15.6 Å². The topological polar surface area (TPSA) is 174 Å². The molecule has 13 nitrogen and oxygen atoms in total. The lowest BCUT2D eigenvalue weighted by molar-refractivity contribution is -0.145. The van der Waals surface area contributed by atoms with Gasteiger partial charge < -0.3 is 35.3 Å². The number of carbonyl (C=O) groups is 5. The molecule has 3 saturated heterocycles. The molecular formula is C38H46N6O7. The first-order valence-corrected chi connectivity index (χ1v) is 17.7. The zero-order valence-corrected chi connectivity index (χ0v) is 29.3. The Bertz CT molecular complexity index is 1760. The number of Topliss-reactive ketones (excluding diaryl/α,β-unsaturated/α-hetero) is 1. The van der Waals surface area contributed by atoms with Crippen LogP contribution in [0.5, 0.6) is 0 Å². The summed E-state index contributed by atoms with van der Waals surface area (Å²) in [6.07, 6.45) is 4.88. The van der Waals surface area contributed by atoms with Crippen molar-refractivity contribution in [3.05, 3.63) is 66.1 Å². The minimum absolute atomic E-state index is 0.129. The van der Waals surface area contributed by atoms with Crippen LogP contribution in [0.3, 0.4) is 0 Å². The number of aromatic nitrogens is 2. The van der Waals surface area contributed by atoms with E-state index in [0.717, 1.165) is 41.6 Å². The molecule has 2 aromatic carbocycles. The van der Waals surface area contributed by atoms with Crippen molar-refractivity contribution in [1.82, 2.24) is 30.4 Å². The fraction of sp³-hybridized carbons (Fsp3) is 0.474. The summed E-state index contributed by atoms with van der Waals surface area (Å²) in [5.74, 6) is -0.424. The SMILES string of the molecule is CC(=O)N1C(C(=O)NCC(=O)c2ccc(-c3ccc(-c4c[nH]c([C@@H]5CCCN5C(=O)[C@@H](NC(=O)O)C(C)C)n4)cc3)cc2)CCC12CCOCC2. The van der Waals surface area contributed by atoms with Crippen LogP contribution in [0.2, 0.25) is 0 Å². The smallest absolute Gasteiger partial charge is 0.405 e. The molecule has 1 aromatic heterocycles. The number of nitrogens with one attached hydrogen (secondary N) is 3. The van der Waals surface area contributed by atoms with Crippen molar-refractivity contribution in [2.75, 3.05) is 26.3 Å². The summed E-state index contributed by atoms with van der Waals surface area (Å²) in [4.78, 5) is 74.8. The molecule has 3 aliphatic rings. The molecule has 3 aliphatic heterocycles. The van der Waals surface area contributed by atoms with E-state index in [0.29, 0.717) is 50.4 Å². The molecule has 4 N–H and O–H groups in total. The Kier molecular flexibility index (Phi) is 10.6. The van der Waals surface area contributed by atoms with Crippen LogP contribution in [-0.2, 0) is 19.1 Å². The van der Waals surface area contributed by atoms with E-state index in [4.69, 9.17) is 9.72 Å². The molecule has 4 heterocycles. The van der Waals surface area contributed by atoms with Crippen LogP contribution >= 0.6 is 0 Å². The van der Waals surface area contributed by atoms with Gasteiger partial charge >= 0.3 is 6.09 Å². The van der Waals surface area contributed by atoms with Gasteiger partial charge in [-0.15, -0.1) is 0 Å². The largest absolute Gasteiger partial charge is 0.465 e. The van der Waals surface area contributed by atoms with E-state index < -0.39 is 18.2 Å². The second-order valence-electron chi connectivity index (χ2n) is 14.1. The number of carboxylic acid groups (broad SMARTS) is 1. The van der Waals surface area contributed by atoms with Crippen molar-refractivity contribution in [2.24, 2.45) is 5.92 Å². The van der Waals surface area contributed by atoms with Gasteiger partial charge in [0.05, 0.1) is 18.3 Å². The van der Waals surface area contributed by atoms with Crippen LogP contribution in [0, 0.1) is 5.92 Å². The Morgan fingerprint density at radius 2 is 1.61 bits per heavy atom. The highest BCUT2D eigenvalue weighted by molar-refractivity contribution is 6.00. The lowest BCUT2D eigenvalue weighted by Crippen LogP contribution is -2.56. The van der Waals surface area contributed by atoms with Crippen LogP contribution < -0.4 is 10.6 Å². The standard InChI is InChI=1S/C38H46N6O7/c1-23(2)33(42-37(49)50)36(48)43-18-4-5-30(43)34-39-21-29(41-34)27-10-6-25(7-11-27)26-8-12-28(13-9-26)32(46)22-40-35(47)31-14-15-38(44(31)24(3)45)16-19-51-20-17-38/h6-13,21,23,30-31,33,42H,4-5,14-20,22H2,1-3H3,(H,39,41)(H,40,47)(H,49,50)/t30-,31?,33-/m0/s1. The molecule has 0 saturated carbocycles. The molecule has 0 aliphatic carbocycles. The number of ketones is 1. The number of carbonyl (C=O) groups excluding carboxylic acids is 4. The number of ether oxygens (including phenoxy) is 1. The molecule has 270 valence electrons. The fourth-order valence-corrected chi connectivity index (χ4v) is 7.89. The zero-order chi connectivity index (χ0) is 36.3. The van der Waals surface area contributed by atoms with Gasteiger partial charge in [-0.3, -0.25) is 19.2 Å². The third-order valence-corrected chi connectivity index (χ3v) is 10.6. The molecule has 1 unspecified atom stereocenters. The van der Waals surface area contributed by atoms with Crippen molar-refractivity contribution >= 4 is 29.6 Å². The highest BCUT2D eigenvalue weighted by Crippen LogP contribution is 2.41. The predicted molar refractivity (Wildman–Crippen MR) is 189 cm³/mol. The molecule has 0 radical (unpaired) electrons. The number of aromatic amines is 1. The lowest BCUT2D eigenvalue weighted by Gasteiger charge is -2.42. The normalized spacial score (nSPS) is 20.4. The maximum atomic E-state index is 13.3. The Labute approximate surface area is 297 Å².